The Morgan fingerprint density at radius 1 is 1.11 bits per heavy atom. The van der Waals surface area contributed by atoms with E-state index in [-0.39, 0.29) is 5.91 Å². The molecule has 0 saturated heterocycles. The highest BCUT2D eigenvalue weighted by Gasteiger charge is 2.08. The van der Waals surface area contributed by atoms with Gasteiger partial charge in [-0.3, -0.25) is 4.79 Å². The molecular weight excluding hydrogens is 372 g/mol. The van der Waals surface area contributed by atoms with E-state index in [2.05, 4.69) is 10.5 Å². The second-order valence-electron chi connectivity index (χ2n) is 6.21. The van der Waals surface area contributed by atoms with Gasteiger partial charge in [-0.25, -0.2) is 0 Å². The number of aryl methyl sites for hydroxylation is 1. The van der Waals surface area contributed by atoms with Crippen LogP contribution in [-0.2, 0) is 6.42 Å². The molecule has 0 unspecified atom stereocenters. The second kappa shape index (κ2) is 10.6. The van der Waals surface area contributed by atoms with Crippen molar-refractivity contribution < 1.29 is 14.1 Å². The van der Waals surface area contributed by atoms with Gasteiger partial charge in [-0.1, -0.05) is 35.5 Å². The minimum absolute atomic E-state index is 0.0981. The van der Waals surface area contributed by atoms with Crippen LogP contribution >= 0.6 is 11.8 Å². The highest BCUT2D eigenvalue weighted by molar-refractivity contribution is 7.99. The zero-order chi connectivity index (χ0) is 19.6. The van der Waals surface area contributed by atoms with Crippen molar-refractivity contribution in [2.24, 2.45) is 0 Å². The van der Waals surface area contributed by atoms with Crippen molar-refractivity contribution in [1.82, 2.24) is 10.5 Å². The van der Waals surface area contributed by atoms with Gasteiger partial charge in [0.15, 0.2) is 0 Å². The molecule has 0 radical (unpaired) electrons. The van der Waals surface area contributed by atoms with Gasteiger partial charge in [-0.05, 0) is 36.4 Å². The molecular formula is C22H24N2O3S. The molecule has 0 aliphatic carbocycles. The van der Waals surface area contributed by atoms with Crippen molar-refractivity contribution in [2.45, 2.75) is 12.8 Å². The van der Waals surface area contributed by atoms with E-state index in [1.165, 1.54) is 0 Å². The van der Waals surface area contributed by atoms with Gasteiger partial charge < -0.3 is 14.6 Å². The number of ether oxygens (including phenoxy) is 1. The maximum Gasteiger partial charge on any atom is 0.251 e. The number of rotatable bonds is 10. The Balaban J connectivity index is 1.36. The normalized spacial score (nSPS) is 10.6. The molecule has 28 heavy (non-hydrogen) atoms. The Morgan fingerprint density at radius 3 is 2.64 bits per heavy atom. The average Bonchev–Trinajstić information content (AvgIpc) is 3.22. The van der Waals surface area contributed by atoms with Crippen LogP contribution < -0.4 is 10.1 Å². The van der Waals surface area contributed by atoms with Crippen LogP contribution in [0.2, 0.25) is 0 Å². The van der Waals surface area contributed by atoms with Crippen molar-refractivity contribution in [3.63, 3.8) is 0 Å². The fourth-order valence-electron chi connectivity index (χ4n) is 2.69. The molecule has 3 rings (SSSR count). The number of hydrogen-bond donors (Lipinski definition) is 1. The van der Waals surface area contributed by atoms with E-state index in [1.54, 1.807) is 19.2 Å². The summed E-state index contributed by atoms with van der Waals surface area (Å²) < 4.78 is 11.1. The lowest BCUT2D eigenvalue weighted by molar-refractivity contribution is 0.0963. The third-order valence-electron chi connectivity index (χ3n) is 4.18. The topological polar surface area (TPSA) is 64.4 Å². The second-order valence-corrected chi connectivity index (χ2v) is 7.44. The molecule has 0 spiro atoms. The molecule has 0 saturated carbocycles. The molecule has 146 valence electrons. The first-order chi connectivity index (χ1) is 13.8. The Bertz CT molecular complexity index is 863. The molecule has 2 aromatic carbocycles. The highest BCUT2D eigenvalue weighted by atomic mass is 32.2. The number of para-hydroxylation sites is 1. The summed E-state index contributed by atoms with van der Waals surface area (Å²) in [7, 11) is 1.62. The molecule has 6 heteroatoms. The Kier molecular flexibility index (Phi) is 7.55. The van der Waals surface area contributed by atoms with Crippen LogP contribution in [0.1, 0.15) is 22.5 Å². The summed E-state index contributed by atoms with van der Waals surface area (Å²) in [6, 6.07) is 19.2. The van der Waals surface area contributed by atoms with E-state index >= 15 is 0 Å². The number of aromatic nitrogens is 1. The predicted octanol–water partition coefficient (Wildman–Crippen LogP) is 4.45. The molecule has 3 aromatic rings. The van der Waals surface area contributed by atoms with E-state index in [1.807, 2.05) is 60.3 Å². The van der Waals surface area contributed by atoms with Crippen LogP contribution in [0.3, 0.4) is 0 Å². The summed E-state index contributed by atoms with van der Waals surface area (Å²) >= 11 is 1.88. The third-order valence-corrected chi connectivity index (χ3v) is 5.21. The minimum Gasteiger partial charge on any atom is -0.493 e. The number of benzene rings is 2. The molecule has 5 nitrogen and oxygen atoms in total. The van der Waals surface area contributed by atoms with Gasteiger partial charge in [0.2, 0.25) is 0 Å². The third kappa shape index (κ3) is 5.89. The molecule has 1 amide bonds. The molecule has 0 fully saturated rings. The molecule has 1 aromatic heterocycles. The zero-order valence-electron chi connectivity index (χ0n) is 15.9. The molecule has 0 aliphatic heterocycles. The first kappa shape index (κ1) is 20.0. The van der Waals surface area contributed by atoms with Crippen LogP contribution in [0.4, 0.5) is 0 Å². The van der Waals surface area contributed by atoms with E-state index in [0.29, 0.717) is 12.2 Å². The van der Waals surface area contributed by atoms with Crippen molar-refractivity contribution >= 4 is 17.7 Å². The van der Waals surface area contributed by atoms with Crippen molar-refractivity contribution in [2.75, 3.05) is 25.2 Å². The summed E-state index contributed by atoms with van der Waals surface area (Å²) in [4.78, 5) is 11.6. The maximum absolute atomic E-state index is 11.6. The molecule has 1 N–H and O–H groups in total. The number of carbonyl (C=O) groups excluding carboxylic acids is 1. The summed E-state index contributed by atoms with van der Waals surface area (Å²) in [6.07, 6.45) is 1.89. The van der Waals surface area contributed by atoms with E-state index in [0.717, 1.165) is 47.1 Å². The van der Waals surface area contributed by atoms with Crippen molar-refractivity contribution in [3.8, 4) is 17.0 Å². The Morgan fingerprint density at radius 2 is 1.89 bits per heavy atom. The minimum atomic E-state index is -0.0981. The van der Waals surface area contributed by atoms with Gasteiger partial charge in [0, 0.05) is 36.4 Å². The number of nitrogens with zero attached hydrogens (tertiary/aromatic N) is 1. The molecule has 1 heterocycles. The van der Waals surface area contributed by atoms with Gasteiger partial charge in [0.05, 0.1) is 6.61 Å². The summed E-state index contributed by atoms with van der Waals surface area (Å²) in [5.74, 6) is 3.72. The van der Waals surface area contributed by atoms with Crippen LogP contribution in [0.25, 0.3) is 11.3 Å². The van der Waals surface area contributed by atoms with Gasteiger partial charge in [0.1, 0.15) is 17.2 Å². The highest BCUT2D eigenvalue weighted by Crippen LogP contribution is 2.21. The number of carbonyl (C=O) groups is 1. The predicted molar refractivity (Wildman–Crippen MR) is 113 cm³/mol. The first-order valence-corrected chi connectivity index (χ1v) is 10.5. The van der Waals surface area contributed by atoms with Crippen molar-refractivity contribution in [1.29, 1.82) is 0 Å². The summed E-state index contributed by atoms with van der Waals surface area (Å²) in [5, 5.41) is 6.75. The number of thioether (sulfide) groups is 1. The molecule has 0 aliphatic rings. The smallest absolute Gasteiger partial charge is 0.251 e. The number of hydrogen-bond acceptors (Lipinski definition) is 5. The fourth-order valence-corrected chi connectivity index (χ4v) is 3.44. The fraction of sp³-hybridized carbons (Fsp3) is 0.273. The number of nitrogens with one attached hydrogen (secondary N) is 1. The van der Waals surface area contributed by atoms with E-state index in [9.17, 15) is 4.79 Å². The molecule has 0 bridgehead atoms. The van der Waals surface area contributed by atoms with Gasteiger partial charge in [0.25, 0.3) is 5.91 Å². The van der Waals surface area contributed by atoms with E-state index in [4.69, 9.17) is 9.26 Å². The lowest BCUT2D eigenvalue weighted by atomic mass is 10.1. The molecule has 0 atom stereocenters. The quantitative estimate of drug-likeness (QED) is 0.513. The summed E-state index contributed by atoms with van der Waals surface area (Å²) in [6.45, 7) is 0.715. The largest absolute Gasteiger partial charge is 0.493 e. The van der Waals surface area contributed by atoms with Crippen LogP contribution in [0.5, 0.6) is 5.75 Å². The van der Waals surface area contributed by atoms with E-state index < -0.39 is 0 Å². The van der Waals surface area contributed by atoms with Gasteiger partial charge >= 0.3 is 0 Å². The Hall–Kier alpha value is -2.73. The zero-order valence-corrected chi connectivity index (χ0v) is 16.7. The maximum atomic E-state index is 11.6. The number of amides is 1. The SMILES string of the molecule is CNC(=O)c1ccc(-c2cc(CCCSCCOc3ccccc3)on2)cc1. The van der Waals surface area contributed by atoms with Gasteiger partial charge in [-0.15, -0.1) is 0 Å². The van der Waals surface area contributed by atoms with Crippen LogP contribution in [0, 0.1) is 0 Å². The summed E-state index contributed by atoms with van der Waals surface area (Å²) in [5.41, 5.74) is 2.36. The monoisotopic (exact) mass is 396 g/mol. The standard InChI is InChI=1S/C22H24N2O3S/c1-23-22(25)18-11-9-17(10-12-18)21-16-20(27-24-21)8-5-14-28-15-13-26-19-6-3-2-4-7-19/h2-4,6-7,9-12,16H,5,8,13-15H2,1H3,(H,23,25). The van der Waals surface area contributed by atoms with Crippen LogP contribution in [0.15, 0.2) is 65.2 Å². The van der Waals surface area contributed by atoms with Gasteiger partial charge in [-0.2, -0.15) is 11.8 Å². The van der Waals surface area contributed by atoms with Crippen molar-refractivity contribution in [3.05, 3.63) is 72.0 Å². The lowest BCUT2D eigenvalue weighted by Gasteiger charge is -2.05. The van der Waals surface area contributed by atoms with Crippen LogP contribution in [-0.4, -0.2) is 36.2 Å². The lowest BCUT2D eigenvalue weighted by Crippen LogP contribution is -2.17. The first-order valence-electron chi connectivity index (χ1n) is 9.30. The average molecular weight is 397 g/mol. The Labute approximate surface area is 169 Å².